The summed E-state index contributed by atoms with van der Waals surface area (Å²) in [5.74, 6) is -1.05. The van der Waals surface area contributed by atoms with Gasteiger partial charge in [-0.15, -0.1) is 0 Å². The summed E-state index contributed by atoms with van der Waals surface area (Å²) < 4.78 is 29.0. The van der Waals surface area contributed by atoms with Gasteiger partial charge in [0.1, 0.15) is 12.6 Å². The summed E-state index contributed by atoms with van der Waals surface area (Å²) in [6, 6.07) is 25.7. The summed E-state index contributed by atoms with van der Waals surface area (Å²) in [7, 11) is -2.76. The molecule has 1 unspecified atom stereocenters. The van der Waals surface area contributed by atoms with Gasteiger partial charge < -0.3 is 10.2 Å². The van der Waals surface area contributed by atoms with Gasteiger partial charge in [-0.2, -0.15) is 0 Å². The summed E-state index contributed by atoms with van der Waals surface area (Å²) in [5.41, 5.74) is 2.44. The third-order valence-electron chi connectivity index (χ3n) is 6.91. The molecule has 1 N–H and O–H groups in total. The number of sulfonamides is 1. The van der Waals surface area contributed by atoms with Crippen molar-refractivity contribution in [3.05, 3.63) is 129 Å². The van der Waals surface area contributed by atoms with Crippen molar-refractivity contribution in [2.75, 3.05) is 17.9 Å². The predicted molar refractivity (Wildman–Crippen MR) is 172 cm³/mol. The first kappa shape index (κ1) is 32.4. The summed E-state index contributed by atoms with van der Waals surface area (Å²) >= 11 is 19.0. The van der Waals surface area contributed by atoms with Crippen LogP contribution < -0.4 is 9.62 Å². The Kier molecular flexibility index (Phi) is 10.7. The standard InChI is InChI=1S/C32H30Cl3N3O4S/c1-22-11-15-25(16-12-22)38(43(41,42)26-17-13-24(33)14-18-26)21-31(39)37(20-27-28(34)9-6-10-29(27)35)30(32(40)36-2)19-23-7-4-3-5-8-23/h3-18,30H,19-21H2,1-2H3,(H,36,40). The number of likely N-dealkylation sites (N-methyl/N-ethyl adjacent to an activating group) is 1. The summed E-state index contributed by atoms with van der Waals surface area (Å²) in [4.78, 5) is 29.0. The van der Waals surface area contributed by atoms with E-state index in [9.17, 15) is 18.0 Å². The molecule has 0 saturated carbocycles. The molecule has 0 bridgehead atoms. The SMILES string of the molecule is CNC(=O)C(Cc1ccccc1)N(Cc1c(Cl)cccc1Cl)C(=O)CN(c1ccc(C)cc1)S(=O)(=O)c1ccc(Cl)cc1. The Labute approximate surface area is 267 Å². The number of carbonyl (C=O) groups is 2. The van der Waals surface area contributed by atoms with E-state index in [1.54, 1.807) is 42.5 Å². The van der Waals surface area contributed by atoms with Crippen LogP contribution >= 0.6 is 34.8 Å². The average Bonchev–Trinajstić information content (AvgIpc) is 2.99. The van der Waals surface area contributed by atoms with Gasteiger partial charge in [0.15, 0.2) is 0 Å². The van der Waals surface area contributed by atoms with Gasteiger partial charge in [0, 0.05) is 40.6 Å². The van der Waals surface area contributed by atoms with Crippen molar-refractivity contribution in [2.45, 2.75) is 30.8 Å². The van der Waals surface area contributed by atoms with Crippen LogP contribution in [0.1, 0.15) is 16.7 Å². The number of hydrogen-bond acceptors (Lipinski definition) is 4. The zero-order valence-electron chi connectivity index (χ0n) is 23.5. The molecule has 0 aliphatic carbocycles. The van der Waals surface area contributed by atoms with Crippen molar-refractivity contribution in [3.8, 4) is 0 Å². The van der Waals surface area contributed by atoms with E-state index in [-0.39, 0.29) is 23.5 Å². The van der Waals surface area contributed by atoms with Gasteiger partial charge in [0.25, 0.3) is 10.0 Å². The van der Waals surface area contributed by atoms with E-state index in [1.807, 2.05) is 37.3 Å². The fourth-order valence-corrected chi connectivity index (χ4v) is 6.60. The van der Waals surface area contributed by atoms with E-state index >= 15 is 0 Å². The van der Waals surface area contributed by atoms with Crippen LogP contribution in [0.25, 0.3) is 0 Å². The second-order valence-corrected chi connectivity index (χ2v) is 13.0. The van der Waals surface area contributed by atoms with Crippen LogP contribution in [0.4, 0.5) is 5.69 Å². The number of anilines is 1. The molecule has 0 heterocycles. The quantitative estimate of drug-likeness (QED) is 0.198. The lowest BCUT2D eigenvalue weighted by atomic mass is 10.0. The van der Waals surface area contributed by atoms with Gasteiger partial charge in [-0.25, -0.2) is 8.42 Å². The highest BCUT2D eigenvalue weighted by molar-refractivity contribution is 7.92. The van der Waals surface area contributed by atoms with Crippen LogP contribution in [0.3, 0.4) is 0 Å². The van der Waals surface area contributed by atoms with Gasteiger partial charge in [-0.1, -0.05) is 88.9 Å². The van der Waals surface area contributed by atoms with Crippen molar-refractivity contribution < 1.29 is 18.0 Å². The number of benzene rings is 4. The monoisotopic (exact) mass is 657 g/mol. The first-order valence-corrected chi connectivity index (χ1v) is 15.9. The number of rotatable bonds is 11. The van der Waals surface area contributed by atoms with E-state index < -0.39 is 34.4 Å². The number of nitrogens with one attached hydrogen (secondary N) is 1. The molecule has 4 rings (SSSR count). The Balaban J connectivity index is 1.81. The van der Waals surface area contributed by atoms with Gasteiger partial charge in [-0.3, -0.25) is 13.9 Å². The highest BCUT2D eigenvalue weighted by Crippen LogP contribution is 2.29. The van der Waals surface area contributed by atoms with Gasteiger partial charge in [-0.05, 0) is 61.0 Å². The maximum absolute atomic E-state index is 14.3. The Bertz CT molecular complexity index is 1660. The number of amides is 2. The first-order chi connectivity index (χ1) is 20.5. The van der Waals surface area contributed by atoms with Crippen molar-refractivity contribution in [1.82, 2.24) is 10.2 Å². The lowest BCUT2D eigenvalue weighted by molar-refractivity contribution is -0.139. The molecule has 0 aliphatic heterocycles. The molecule has 11 heteroatoms. The minimum Gasteiger partial charge on any atom is -0.357 e. The molecule has 224 valence electrons. The summed E-state index contributed by atoms with van der Waals surface area (Å²) in [6.07, 6.45) is 0.169. The Hall–Kier alpha value is -3.56. The third kappa shape index (κ3) is 7.89. The maximum atomic E-state index is 14.3. The molecule has 2 amide bonds. The highest BCUT2D eigenvalue weighted by Gasteiger charge is 2.35. The molecular weight excluding hydrogens is 629 g/mol. The molecule has 0 fully saturated rings. The van der Waals surface area contributed by atoms with E-state index in [1.165, 1.54) is 36.2 Å². The molecule has 0 spiro atoms. The number of hydrogen-bond donors (Lipinski definition) is 1. The molecule has 0 saturated heterocycles. The molecule has 0 aromatic heterocycles. The molecule has 0 radical (unpaired) electrons. The summed E-state index contributed by atoms with van der Waals surface area (Å²) in [6.45, 7) is 1.14. The first-order valence-electron chi connectivity index (χ1n) is 13.3. The van der Waals surface area contributed by atoms with Crippen molar-refractivity contribution in [1.29, 1.82) is 0 Å². The lowest BCUT2D eigenvalue weighted by Crippen LogP contribution is -2.53. The van der Waals surface area contributed by atoms with Gasteiger partial charge in [0.05, 0.1) is 10.6 Å². The van der Waals surface area contributed by atoms with E-state index in [0.717, 1.165) is 15.4 Å². The van der Waals surface area contributed by atoms with Crippen LogP contribution in [-0.4, -0.2) is 44.8 Å². The normalized spacial score (nSPS) is 11.9. The van der Waals surface area contributed by atoms with Crippen LogP contribution in [0.2, 0.25) is 15.1 Å². The second kappa shape index (κ2) is 14.3. The fourth-order valence-electron chi connectivity index (χ4n) is 4.55. The topological polar surface area (TPSA) is 86.8 Å². The van der Waals surface area contributed by atoms with Crippen LogP contribution in [0.5, 0.6) is 0 Å². The molecule has 0 aliphatic rings. The average molecular weight is 659 g/mol. The zero-order valence-corrected chi connectivity index (χ0v) is 26.6. The van der Waals surface area contributed by atoms with E-state index in [2.05, 4.69) is 5.32 Å². The zero-order chi connectivity index (χ0) is 31.1. The van der Waals surface area contributed by atoms with Crippen LogP contribution in [0.15, 0.2) is 102 Å². The lowest BCUT2D eigenvalue weighted by Gasteiger charge is -2.34. The maximum Gasteiger partial charge on any atom is 0.264 e. The Morgan fingerprint density at radius 1 is 0.814 bits per heavy atom. The highest BCUT2D eigenvalue weighted by atomic mass is 35.5. The molecule has 7 nitrogen and oxygen atoms in total. The number of nitrogens with zero attached hydrogens (tertiary/aromatic N) is 2. The summed E-state index contributed by atoms with van der Waals surface area (Å²) in [5, 5.41) is 3.63. The number of halogens is 3. The fraction of sp³-hybridized carbons (Fsp3) is 0.188. The van der Waals surface area contributed by atoms with Crippen molar-refractivity contribution in [2.24, 2.45) is 0 Å². The molecule has 4 aromatic rings. The van der Waals surface area contributed by atoms with Crippen molar-refractivity contribution in [3.63, 3.8) is 0 Å². The van der Waals surface area contributed by atoms with Crippen molar-refractivity contribution >= 4 is 62.3 Å². The number of carbonyl (C=O) groups excluding carboxylic acids is 2. The van der Waals surface area contributed by atoms with Crippen LogP contribution in [0, 0.1) is 6.92 Å². The molecule has 43 heavy (non-hydrogen) atoms. The van der Waals surface area contributed by atoms with Gasteiger partial charge >= 0.3 is 0 Å². The molecule has 4 aromatic carbocycles. The minimum absolute atomic E-state index is 0.0434. The third-order valence-corrected chi connectivity index (χ3v) is 9.66. The van der Waals surface area contributed by atoms with Crippen LogP contribution in [-0.2, 0) is 32.6 Å². The Morgan fingerprint density at radius 2 is 1.42 bits per heavy atom. The predicted octanol–water partition coefficient (Wildman–Crippen LogP) is 6.54. The smallest absolute Gasteiger partial charge is 0.264 e. The number of aryl methyl sites for hydroxylation is 1. The van der Waals surface area contributed by atoms with E-state index in [4.69, 9.17) is 34.8 Å². The molecular formula is C32H30Cl3N3O4S. The molecule has 1 atom stereocenters. The largest absolute Gasteiger partial charge is 0.357 e. The minimum atomic E-state index is -4.24. The Morgan fingerprint density at radius 3 is 2.00 bits per heavy atom. The van der Waals surface area contributed by atoms with Gasteiger partial charge in [0.2, 0.25) is 11.8 Å². The second-order valence-electron chi connectivity index (χ2n) is 9.84. The van der Waals surface area contributed by atoms with E-state index in [0.29, 0.717) is 20.6 Å².